The number of carboxylic acid groups (broad SMARTS) is 1. The van der Waals surface area contributed by atoms with Gasteiger partial charge in [0.25, 0.3) is 0 Å². The van der Waals surface area contributed by atoms with Crippen molar-refractivity contribution in [2.75, 3.05) is 0 Å². The van der Waals surface area contributed by atoms with Crippen molar-refractivity contribution in [2.24, 2.45) is 0 Å². The van der Waals surface area contributed by atoms with Gasteiger partial charge in [0.2, 0.25) is 5.56 Å². The first-order valence-electron chi connectivity index (χ1n) is 6.01. The Morgan fingerprint density at radius 3 is 2.10 bits per heavy atom. The number of carbonyl (C=O) groups is 1. The second kappa shape index (κ2) is 8.42. The molecule has 1 aromatic heterocycles. The Bertz CT molecular complexity index is 769. The molecule has 1 heterocycles. The van der Waals surface area contributed by atoms with Crippen LogP contribution in [0.3, 0.4) is 0 Å². The third-order valence-electron chi connectivity index (χ3n) is 2.64. The number of rotatable bonds is 1. The minimum atomic E-state index is -1.13. The molecule has 0 spiro atoms. The number of aromatic amines is 1. The quantitative estimate of drug-likeness (QED) is 0.559. The van der Waals surface area contributed by atoms with Crippen LogP contribution >= 0.6 is 0 Å². The molecule has 0 aliphatic rings. The Morgan fingerprint density at radius 1 is 0.857 bits per heavy atom. The zero-order valence-corrected chi connectivity index (χ0v) is 13.6. The molecule has 5 heteroatoms. The normalized spacial score (nSPS) is 9.14. The average Bonchev–Trinajstić information content (AvgIpc) is 2.48. The van der Waals surface area contributed by atoms with Gasteiger partial charge in [-0.1, -0.05) is 48.5 Å². The average molecular weight is 289 g/mol. The molecule has 0 unspecified atom stereocenters. The number of fused-ring (bicyclic) bond motifs is 1. The maximum Gasteiger partial charge on any atom is 1.00 e. The van der Waals surface area contributed by atoms with Gasteiger partial charge in [0.1, 0.15) is 0 Å². The monoisotopic (exact) mass is 289 g/mol. The van der Waals surface area contributed by atoms with Gasteiger partial charge < -0.3 is 14.9 Å². The minimum Gasteiger partial charge on any atom is -0.545 e. The van der Waals surface area contributed by atoms with Gasteiger partial charge in [-0.3, -0.25) is 4.79 Å². The molecule has 0 aliphatic carbocycles. The fourth-order valence-corrected chi connectivity index (χ4v) is 1.67. The van der Waals surface area contributed by atoms with Gasteiger partial charge in [-0.05, 0) is 23.1 Å². The molecule has 4 nitrogen and oxygen atoms in total. The molecule has 0 saturated heterocycles. The summed E-state index contributed by atoms with van der Waals surface area (Å²) in [5.74, 6) is -1.13. The Hall–Kier alpha value is -1.88. The van der Waals surface area contributed by atoms with Gasteiger partial charge in [-0.15, -0.1) is 0 Å². The van der Waals surface area contributed by atoms with Gasteiger partial charge in [0.15, 0.2) is 0 Å². The molecule has 0 radical (unpaired) electrons. The zero-order valence-electron chi connectivity index (χ0n) is 11.6. The predicted molar refractivity (Wildman–Crippen MR) is 75.3 cm³/mol. The number of aromatic carboxylic acids is 1. The summed E-state index contributed by atoms with van der Waals surface area (Å²) in [7, 11) is 0. The van der Waals surface area contributed by atoms with Crippen LogP contribution in [0.2, 0.25) is 0 Å². The number of pyridine rings is 1. The van der Waals surface area contributed by atoms with Gasteiger partial charge in [-0.25, -0.2) is 0 Å². The third-order valence-corrected chi connectivity index (χ3v) is 2.64. The fourth-order valence-electron chi connectivity index (χ4n) is 1.67. The molecular formula is C16H12NNaO3. The maximum absolute atomic E-state index is 10.8. The number of hydrogen-bond donors (Lipinski definition) is 1. The summed E-state index contributed by atoms with van der Waals surface area (Å²) < 4.78 is 0. The van der Waals surface area contributed by atoms with E-state index in [1.807, 2.05) is 30.3 Å². The Balaban J connectivity index is 0.000000205. The molecule has 0 bridgehead atoms. The van der Waals surface area contributed by atoms with Crippen LogP contribution in [0.5, 0.6) is 0 Å². The van der Waals surface area contributed by atoms with Crippen molar-refractivity contribution in [3.63, 3.8) is 0 Å². The standard InChI is InChI=1S/C9H7NO.C7H6O2.Na/c11-9-6-5-7-3-1-2-4-8(7)10-9;8-7(9)6-4-2-1-3-5-6;/h1-6H,(H,10,11);1-5H,(H,8,9);/q;;+1/p-1. The number of carboxylic acids is 1. The summed E-state index contributed by atoms with van der Waals surface area (Å²) in [6.07, 6.45) is 0. The number of H-pyrrole nitrogens is 1. The molecular weight excluding hydrogens is 277 g/mol. The van der Waals surface area contributed by atoms with E-state index in [0.29, 0.717) is 0 Å². The van der Waals surface area contributed by atoms with Crippen LogP contribution in [-0.2, 0) is 0 Å². The predicted octanol–water partition coefficient (Wildman–Crippen LogP) is -1.42. The molecule has 0 amide bonds. The molecule has 0 saturated carbocycles. The third kappa shape index (κ3) is 5.19. The smallest absolute Gasteiger partial charge is 0.545 e. The molecule has 1 N–H and O–H groups in total. The van der Waals surface area contributed by atoms with Gasteiger partial charge in [0, 0.05) is 11.6 Å². The van der Waals surface area contributed by atoms with Crippen molar-refractivity contribution < 1.29 is 39.5 Å². The van der Waals surface area contributed by atoms with Crippen molar-refractivity contribution >= 4 is 16.9 Å². The first-order valence-corrected chi connectivity index (χ1v) is 6.01. The second-order valence-electron chi connectivity index (χ2n) is 4.06. The molecule has 0 aliphatic heterocycles. The van der Waals surface area contributed by atoms with Crippen molar-refractivity contribution in [3.8, 4) is 0 Å². The Morgan fingerprint density at radius 2 is 1.48 bits per heavy atom. The first kappa shape index (κ1) is 17.2. The van der Waals surface area contributed by atoms with Crippen molar-refractivity contribution in [1.29, 1.82) is 0 Å². The van der Waals surface area contributed by atoms with Crippen molar-refractivity contribution in [2.45, 2.75) is 0 Å². The summed E-state index contributed by atoms with van der Waals surface area (Å²) in [6.45, 7) is 0. The van der Waals surface area contributed by atoms with Gasteiger partial charge >= 0.3 is 29.6 Å². The van der Waals surface area contributed by atoms with Gasteiger partial charge in [0.05, 0.1) is 5.97 Å². The summed E-state index contributed by atoms with van der Waals surface area (Å²) in [5, 5.41) is 11.2. The number of hydrogen-bond acceptors (Lipinski definition) is 3. The molecule has 21 heavy (non-hydrogen) atoms. The van der Waals surface area contributed by atoms with Crippen LogP contribution in [0.15, 0.2) is 71.5 Å². The maximum atomic E-state index is 10.8. The Kier molecular flexibility index (Phi) is 6.88. The number of aromatic nitrogens is 1. The van der Waals surface area contributed by atoms with E-state index in [-0.39, 0.29) is 40.7 Å². The fraction of sp³-hybridized carbons (Fsp3) is 0. The number of carbonyl (C=O) groups excluding carboxylic acids is 1. The largest absolute Gasteiger partial charge is 1.00 e. The van der Waals surface area contributed by atoms with E-state index in [4.69, 9.17) is 0 Å². The van der Waals surface area contributed by atoms with Crippen LogP contribution in [0.1, 0.15) is 10.4 Å². The first-order chi connectivity index (χ1) is 9.66. The molecule has 100 valence electrons. The number of para-hydroxylation sites is 1. The van der Waals surface area contributed by atoms with E-state index in [2.05, 4.69) is 4.98 Å². The zero-order chi connectivity index (χ0) is 14.4. The van der Waals surface area contributed by atoms with E-state index in [0.717, 1.165) is 10.9 Å². The van der Waals surface area contributed by atoms with Crippen LogP contribution in [0.25, 0.3) is 10.9 Å². The summed E-state index contributed by atoms with van der Waals surface area (Å²) >= 11 is 0. The SMILES string of the molecule is O=C([O-])c1ccccc1.O=c1ccc2ccccc2[nH]1.[Na+]. The topological polar surface area (TPSA) is 73.0 Å². The van der Waals surface area contributed by atoms with Crippen molar-refractivity contribution in [1.82, 2.24) is 4.98 Å². The molecule has 3 aromatic rings. The van der Waals surface area contributed by atoms with E-state index in [1.165, 1.54) is 18.2 Å². The van der Waals surface area contributed by atoms with Crippen LogP contribution in [0, 0.1) is 0 Å². The molecule has 0 fully saturated rings. The van der Waals surface area contributed by atoms with Gasteiger partial charge in [-0.2, -0.15) is 0 Å². The number of benzene rings is 2. The van der Waals surface area contributed by atoms with Crippen LogP contribution in [-0.4, -0.2) is 11.0 Å². The van der Waals surface area contributed by atoms with E-state index < -0.39 is 5.97 Å². The molecule has 2 aromatic carbocycles. The number of nitrogens with one attached hydrogen (secondary N) is 1. The van der Waals surface area contributed by atoms with E-state index in [1.54, 1.807) is 18.2 Å². The molecule has 3 rings (SSSR count). The van der Waals surface area contributed by atoms with Crippen LogP contribution < -0.4 is 40.2 Å². The minimum absolute atomic E-state index is 0. The van der Waals surface area contributed by atoms with E-state index >= 15 is 0 Å². The van der Waals surface area contributed by atoms with Crippen LogP contribution in [0.4, 0.5) is 0 Å². The van der Waals surface area contributed by atoms with Crippen molar-refractivity contribution in [3.05, 3.63) is 82.6 Å². The summed E-state index contributed by atoms with van der Waals surface area (Å²) in [6, 6.07) is 19.1. The van der Waals surface area contributed by atoms with E-state index in [9.17, 15) is 14.7 Å². The summed E-state index contributed by atoms with van der Waals surface area (Å²) in [4.78, 5) is 23.7. The molecule has 0 atom stereocenters. The Labute approximate surface area is 143 Å². The summed E-state index contributed by atoms with van der Waals surface area (Å²) in [5.41, 5.74) is 1.06. The second-order valence-corrected chi connectivity index (χ2v) is 4.06.